The molecule has 0 radical (unpaired) electrons. The van der Waals surface area contributed by atoms with Crippen molar-refractivity contribution in [2.24, 2.45) is 7.05 Å². The smallest absolute Gasteiger partial charge is 0.374 e. The van der Waals surface area contributed by atoms with E-state index in [0.29, 0.717) is 10.8 Å². The zero-order valence-electron chi connectivity index (χ0n) is 9.79. The van der Waals surface area contributed by atoms with Crippen LogP contribution in [-0.2, 0) is 7.05 Å². The van der Waals surface area contributed by atoms with Gasteiger partial charge in [0.1, 0.15) is 5.69 Å². The highest BCUT2D eigenvalue weighted by atomic mass is 35.5. The fourth-order valence-electron chi connectivity index (χ4n) is 1.88. The summed E-state index contributed by atoms with van der Waals surface area (Å²) in [6.07, 6.45) is 0. The second kappa shape index (κ2) is 4.10. The number of benzene rings is 1. The van der Waals surface area contributed by atoms with Gasteiger partial charge in [0.05, 0.1) is 5.52 Å². The average Bonchev–Trinajstić information content (AvgIpc) is 2.96. The molecular weight excluding hydrogens is 270 g/mol. The lowest BCUT2D eigenvalue weighted by molar-refractivity contribution is 0.0652. The van der Waals surface area contributed by atoms with Gasteiger partial charge in [-0.1, -0.05) is 22.8 Å². The van der Waals surface area contributed by atoms with Gasteiger partial charge in [-0.2, -0.15) is 5.10 Å². The van der Waals surface area contributed by atoms with Crippen molar-refractivity contribution in [3.8, 4) is 11.3 Å². The monoisotopic (exact) mass is 277 g/mol. The number of halogens is 1. The number of hydrogen-bond donors (Lipinski definition) is 1. The van der Waals surface area contributed by atoms with E-state index >= 15 is 0 Å². The number of hydrogen-bond acceptors (Lipinski definition) is 4. The van der Waals surface area contributed by atoms with Crippen molar-refractivity contribution in [3.63, 3.8) is 0 Å². The molecule has 0 saturated heterocycles. The van der Waals surface area contributed by atoms with E-state index in [0.717, 1.165) is 16.5 Å². The summed E-state index contributed by atoms with van der Waals surface area (Å²) >= 11 is 5.98. The highest BCUT2D eigenvalue weighted by Gasteiger charge is 2.14. The Morgan fingerprint density at radius 3 is 2.89 bits per heavy atom. The van der Waals surface area contributed by atoms with Crippen LogP contribution in [-0.4, -0.2) is 26.0 Å². The molecule has 0 spiro atoms. The zero-order valence-corrected chi connectivity index (χ0v) is 10.5. The Morgan fingerprint density at radius 1 is 1.42 bits per heavy atom. The Labute approximate surface area is 112 Å². The quantitative estimate of drug-likeness (QED) is 0.778. The van der Waals surface area contributed by atoms with Crippen molar-refractivity contribution in [1.29, 1.82) is 0 Å². The number of aromatic carboxylic acids is 1. The van der Waals surface area contributed by atoms with Gasteiger partial charge in [0.2, 0.25) is 5.76 Å². The van der Waals surface area contributed by atoms with Crippen LogP contribution in [0.4, 0.5) is 0 Å². The average molecular weight is 278 g/mol. The first-order chi connectivity index (χ1) is 9.06. The minimum atomic E-state index is -1.15. The van der Waals surface area contributed by atoms with Crippen LogP contribution >= 0.6 is 11.6 Å². The van der Waals surface area contributed by atoms with E-state index in [-0.39, 0.29) is 5.76 Å². The molecule has 0 aliphatic rings. The van der Waals surface area contributed by atoms with E-state index in [2.05, 4.69) is 10.3 Å². The molecule has 0 fully saturated rings. The van der Waals surface area contributed by atoms with E-state index in [1.165, 1.54) is 6.07 Å². The van der Waals surface area contributed by atoms with Crippen LogP contribution in [0.3, 0.4) is 0 Å². The Kier molecular flexibility index (Phi) is 2.53. The molecule has 3 rings (SSSR count). The number of rotatable bonds is 2. The molecule has 7 heteroatoms. The predicted molar refractivity (Wildman–Crippen MR) is 68.2 cm³/mol. The fraction of sp³-hybridized carbons (Fsp3) is 0.0833. The molecule has 96 valence electrons. The Morgan fingerprint density at radius 2 is 2.21 bits per heavy atom. The lowest BCUT2D eigenvalue weighted by atomic mass is 10.1. The molecule has 0 unspecified atom stereocenters. The highest BCUT2D eigenvalue weighted by Crippen LogP contribution is 2.27. The summed E-state index contributed by atoms with van der Waals surface area (Å²) in [5, 5.41) is 17.9. The standard InChI is InChI=1S/C12H8ClN3O3/c1-16-9-4-6(2-3-7(9)11(13)14-16)8-5-10(12(17)18)19-15-8/h2-5H,1H3,(H,17,18). The largest absolute Gasteiger partial charge is 0.475 e. The summed E-state index contributed by atoms with van der Waals surface area (Å²) in [7, 11) is 1.78. The molecular formula is C12H8ClN3O3. The summed E-state index contributed by atoms with van der Waals surface area (Å²) in [5.41, 5.74) is 2.03. The van der Waals surface area contributed by atoms with Crippen LogP contribution in [0, 0.1) is 0 Å². The van der Waals surface area contributed by atoms with Crippen LogP contribution < -0.4 is 0 Å². The van der Waals surface area contributed by atoms with Gasteiger partial charge in [-0.15, -0.1) is 0 Å². The van der Waals surface area contributed by atoms with Crippen LogP contribution in [0.25, 0.3) is 22.2 Å². The van der Waals surface area contributed by atoms with E-state index in [4.69, 9.17) is 21.2 Å². The van der Waals surface area contributed by atoms with Gasteiger partial charge in [0.15, 0.2) is 5.15 Å². The molecule has 1 N–H and O–H groups in total. The third-order valence-corrected chi connectivity index (χ3v) is 3.10. The number of carboxylic acid groups (broad SMARTS) is 1. The van der Waals surface area contributed by atoms with Crippen molar-refractivity contribution in [3.05, 3.63) is 35.2 Å². The number of fused-ring (bicyclic) bond motifs is 1. The van der Waals surface area contributed by atoms with Crippen molar-refractivity contribution in [2.45, 2.75) is 0 Å². The molecule has 2 heterocycles. The molecule has 0 aliphatic heterocycles. The molecule has 2 aromatic heterocycles. The van der Waals surface area contributed by atoms with E-state index in [1.807, 2.05) is 12.1 Å². The van der Waals surface area contributed by atoms with Crippen LogP contribution in [0.15, 0.2) is 28.8 Å². The fourth-order valence-corrected chi connectivity index (χ4v) is 2.16. The molecule has 0 bridgehead atoms. The van der Waals surface area contributed by atoms with Crippen LogP contribution in [0.5, 0.6) is 0 Å². The molecule has 6 nitrogen and oxygen atoms in total. The summed E-state index contributed by atoms with van der Waals surface area (Å²) < 4.78 is 6.38. The molecule has 3 aromatic rings. The van der Waals surface area contributed by atoms with Gasteiger partial charge in [-0.25, -0.2) is 4.79 Å². The number of carbonyl (C=O) groups is 1. The molecule has 0 saturated carbocycles. The lowest BCUT2D eigenvalue weighted by Gasteiger charge is -1.97. The number of nitrogens with zero attached hydrogens (tertiary/aromatic N) is 3. The maximum Gasteiger partial charge on any atom is 0.374 e. The normalized spacial score (nSPS) is 11.1. The molecule has 1 aromatic carbocycles. The second-order valence-electron chi connectivity index (χ2n) is 4.03. The first-order valence-electron chi connectivity index (χ1n) is 5.39. The summed E-state index contributed by atoms with van der Waals surface area (Å²) in [6, 6.07) is 6.81. The van der Waals surface area contributed by atoms with Gasteiger partial charge in [-0.05, 0) is 12.1 Å². The maximum absolute atomic E-state index is 10.8. The van der Waals surface area contributed by atoms with E-state index < -0.39 is 5.97 Å². The van der Waals surface area contributed by atoms with Gasteiger partial charge >= 0.3 is 5.97 Å². The van der Waals surface area contributed by atoms with Gasteiger partial charge in [0, 0.05) is 24.1 Å². The SMILES string of the molecule is Cn1nc(Cl)c2ccc(-c3cc(C(=O)O)on3)cc21. The Bertz CT molecular complexity index is 791. The van der Waals surface area contributed by atoms with Gasteiger partial charge in [-0.3, -0.25) is 4.68 Å². The van der Waals surface area contributed by atoms with Crippen LogP contribution in [0.1, 0.15) is 10.6 Å². The Balaban J connectivity index is 2.14. The topological polar surface area (TPSA) is 81.2 Å². The zero-order chi connectivity index (χ0) is 13.6. The molecule has 19 heavy (non-hydrogen) atoms. The molecule has 0 amide bonds. The second-order valence-corrected chi connectivity index (χ2v) is 4.39. The van der Waals surface area contributed by atoms with E-state index in [1.54, 1.807) is 17.8 Å². The third-order valence-electron chi connectivity index (χ3n) is 2.82. The number of aryl methyl sites for hydroxylation is 1. The predicted octanol–water partition coefficient (Wildman–Crippen LogP) is 2.58. The first-order valence-corrected chi connectivity index (χ1v) is 5.76. The van der Waals surface area contributed by atoms with E-state index in [9.17, 15) is 4.79 Å². The summed E-state index contributed by atoms with van der Waals surface area (Å²) in [4.78, 5) is 10.8. The maximum atomic E-state index is 10.8. The van der Waals surface area contributed by atoms with Crippen LogP contribution in [0.2, 0.25) is 5.15 Å². The molecule has 0 aliphatic carbocycles. The van der Waals surface area contributed by atoms with Crippen molar-refractivity contribution in [2.75, 3.05) is 0 Å². The number of aromatic nitrogens is 3. The Hall–Kier alpha value is -2.34. The lowest BCUT2D eigenvalue weighted by Crippen LogP contribution is -1.91. The van der Waals surface area contributed by atoms with Crippen molar-refractivity contribution in [1.82, 2.24) is 14.9 Å². The van der Waals surface area contributed by atoms with Crippen molar-refractivity contribution < 1.29 is 14.4 Å². The molecule has 0 atom stereocenters. The third kappa shape index (κ3) is 1.86. The summed E-state index contributed by atoms with van der Waals surface area (Å²) in [5.74, 6) is -1.35. The first kappa shape index (κ1) is 11.7. The number of carboxylic acids is 1. The minimum absolute atomic E-state index is 0.196. The highest BCUT2D eigenvalue weighted by molar-refractivity contribution is 6.34. The minimum Gasteiger partial charge on any atom is -0.475 e. The van der Waals surface area contributed by atoms with Gasteiger partial charge < -0.3 is 9.63 Å². The van der Waals surface area contributed by atoms with Gasteiger partial charge in [0.25, 0.3) is 0 Å². The van der Waals surface area contributed by atoms with Crippen molar-refractivity contribution >= 4 is 28.5 Å². The summed E-state index contributed by atoms with van der Waals surface area (Å²) in [6.45, 7) is 0.